The van der Waals surface area contributed by atoms with Crippen LogP contribution < -0.4 is 0 Å². The predicted molar refractivity (Wildman–Crippen MR) is 184 cm³/mol. The van der Waals surface area contributed by atoms with Gasteiger partial charge >= 0.3 is 12.2 Å². The van der Waals surface area contributed by atoms with Crippen molar-refractivity contribution in [3.8, 4) is 11.1 Å². The molecule has 2 aromatic rings. The van der Waals surface area contributed by atoms with Crippen molar-refractivity contribution in [3.63, 3.8) is 0 Å². The summed E-state index contributed by atoms with van der Waals surface area (Å²) in [5.74, 6) is 0. The fourth-order valence-corrected chi connectivity index (χ4v) is 6.65. The van der Waals surface area contributed by atoms with E-state index < -0.39 is 47.8 Å². The molecule has 10 heteroatoms. The first-order valence-electron chi connectivity index (χ1n) is 16.6. The van der Waals surface area contributed by atoms with E-state index in [1.807, 2.05) is 12.4 Å². The van der Waals surface area contributed by atoms with Gasteiger partial charge in [0.2, 0.25) is 0 Å². The number of halogens is 2. The van der Waals surface area contributed by atoms with E-state index >= 15 is 0 Å². The molecule has 0 radical (unpaired) electrons. The zero-order valence-electron chi connectivity index (χ0n) is 28.5. The summed E-state index contributed by atoms with van der Waals surface area (Å²) < 4.78 is 39.9. The van der Waals surface area contributed by atoms with Gasteiger partial charge < -0.3 is 9.47 Å². The van der Waals surface area contributed by atoms with Gasteiger partial charge in [-0.2, -0.15) is 0 Å². The van der Waals surface area contributed by atoms with Crippen molar-refractivity contribution in [3.05, 3.63) is 72.1 Å². The van der Waals surface area contributed by atoms with Crippen molar-refractivity contribution < 1.29 is 27.8 Å². The standard InChI is InChI=1S/C38H44F2N4O4/c1-37(2,3)47-35(45)43-21-29(39)17-33(43)31-15-27(19-41-31)25-11-7-23(8-12-25)24-9-13-26(14-10-24)28-16-32(42-20-28)34-18-30(40)22-44(34)36(46)48-38(4,5)6/h7-14,19-20,29-30,33-34H,15-18,21-22H2,1-6H3/t29-,30-,33-,34-/m0/s1. The molecule has 0 saturated carbocycles. The number of carbonyl (C=O) groups excluding carboxylic acids is 2. The molecule has 2 saturated heterocycles. The highest BCUT2D eigenvalue weighted by molar-refractivity contribution is 6.04. The Labute approximate surface area is 281 Å². The summed E-state index contributed by atoms with van der Waals surface area (Å²) in [7, 11) is 0. The Balaban J connectivity index is 1.05. The molecule has 2 amide bonds. The normalized spacial score (nSPS) is 24.3. The predicted octanol–water partition coefficient (Wildman–Crippen LogP) is 8.42. The third kappa shape index (κ3) is 7.53. The van der Waals surface area contributed by atoms with Gasteiger partial charge in [-0.3, -0.25) is 19.8 Å². The number of allylic oxidation sites excluding steroid dienone is 2. The van der Waals surface area contributed by atoms with Crippen molar-refractivity contribution in [1.82, 2.24) is 9.80 Å². The largest absolute Gasteiger partial charge is 0.444 e. The molecule has 0 aromatic heterocycles. The fourth-order valence-electron chi connectivity index (χ4n) is 6.65. The number of nitrogens with zero attached hydrogens (tertiary/aromatic N) is 4. The van der Waals surface area contributed by atoms with Gasteiger partial charge in [0.05, 0.1) is 25.2 Å². The minimum atomic E-state index is -1.11. The number of aliphatic imine (C=N–C) groups is 2. The van der Waals surface area contributed by atoms with Crippen molar-refractivity contribution in [1.29, 1.82) is 0 Å². The first-order valence-corrected chi connectivity index (χ1v) is 16.6. The first-order chi connectivity index (χ1) is 22.6. The Kier molecular flexibility index (Phi) is 9.04. The highest BCUT2D eigenvalue weighted by Crippen LogP contribution is 2.35. The second kappa shape index (κ2) is 12.9. The zero-order chi connectivity index (χ0) is 34.4. The molecule has 48 heavy (non-hydrogen) atoms. The molecule has 6 rings (SSSR count). The van der Waals surface area contributed by atoms with Crippen molar-refractivity contribution >= 4 is 34.8 Å². The van der Waals surface area contributed by atoms with E-state index in [1.165, 1.54) is 9.80 Å². The molecular weight excluding hydrogens is 614 g/mol. The molecule has 0 bridgehead atoms. The molecule has 4 aliphatic rings. The summed E-state index contributed by atoms with van der Waals surface area (Å²) in [6.45, 7) is 10.8. The lowest BCUT2D eigenvalue weighted by atomic mass is 9.95. The molecular formula is C38H44F2N4O4. The lowest BCUT2D eigenvalue weighted by molar-refractivity contribution is 0.0246. The Morgan fingerprint density at radius 3 is 1.29 bits per heavy atom. The van der Waals surface area contributed by atoms with Gasteiger partial charge in [0.25, 0.3) is 0 Å². The number of likely N-dealkylation sites (tertiary alicyclic amines) is 2. The second-order valence-corrected chi connectivity index (χ2v) is 15.0. The maximum absolute atomic E-state index is 14.4. The van der Waals surface area contributed by atoms with Crippen LogP contribution in [-0.2, 0) is 9.47 Å². The van der Waals surface area contributed by atoms with Crippen LogP contribution in [0.4, 0.5) is 18.4 Å². The van der Waals surface area contributed by atoms with Crippen LogP contribution in [0.3, 0.4) is 0 Å². The molecule has 0 spiro atoms. The number of rotatable bonds is 5. The fraction of sp³-hybridized carbons (Fsp3) is 0.474. The number of benzene rings is 2. The minimum absolute atomic E-state index is 0.0136. The van der Waals surface area contributed by atoms with Crippen LogP contribution in [0, 0.1) is 0 Å². The van der Waals surface area contributed by atoms with E-state index in [1.54, 1.807) is 41.5 Å². The molecule has 2 fully saturated rings. The van der Waals surface area contributed by atoms with Gasteiger partial charge in [-0.15, -0.1) is 0 Å². The van der Waals surface area contributed by atoms with Crippen LogP contribution >= 0.6 is 0 Å². The highest BCUT2D eigenvalue weighted by atomic mass is 19.1. The average Bonchev–Trinajstić information content (AvgIpc) is 3.81. The smallest absolute Gasteiger partial charge is 0.410 e. The number of amides is 2. The summed E-state index contributed by atoms with van der Waals surface area (Å²) in [5.41, 5.74) is 6.45. The molecule has 0 unspecified atom stereocenters. The number of alkyl halides is 2. The molecule has 0 N–H and O–H groups in total. The van der Waals surface area contributed by atoms with Crippen LogP contribution in [0.5, 0.6) is 0 Å². The van der Waals surface area contributed by atoms with Gasteiger partial charge in [0, 0.05) is 49.5 Å². The third-order valence-electron chi connectivity index (χ3n) is 8.89. The topological polar surface area (TPSA) is 83.8 Å². The summed E-state index contributed by atoms with van der Waals surface area (Å²) in [6, 6.07) is 15.7. The third-order valence-corrected chi connectivity index (χ3v) is 8.89. The SMILES string of the molecule is CC(C)(C)OC(=O)N1C[C@@H](F)C[C@H]1C1=NC=C(c2ccc(-c3ccc(C4=CN=C([C@@H]5C[C@H](F)CN5C(=O)OC(C)(C)C)C4)cc3)cc2)C1. The van der Waals surface area contributed by atoms with Crippen LogP contribution in [0.2, 0.25) is 0 Å². The number of hydrogen-bond donors (Lipinski definition) is 0. The summed E-state index contributed by atoms with van der Waals surface area (Å²) in [4.78, 5) is 37.7. The maximum Gasteiger partial charge on any atom is 0.410 e. The first kappa shape index (κ1) is 33.6. The minimum Gasteiger partial charge on any atom is -0.444 e. The maximum atomic E-state index is 14.4. The van der Waals surface area contributed by atoms with Crippen molar-refractivity contribution in [2.45, 2.75) is 103 Å². The van der Waals surface area contributed by atoms with Crippen LogP contribution in [0.1, 0.15) is 78.4 Å². The van der Waals surface area contributed by atoms with E-state index in [2.05, 4.69) is 58.5 Å². The van der Waals surface area contributed by atoms with Gasteiger partial charge in [0.1, 0.15) is 23.5 Å². The molecule has 8 nitrogen and oxygen atoms in total. The van der Waals surface area contributed by atoms with Crippen LogP contribution in [-0.4, -0.2) is 82.1 Å². The molecule has 4 atom stereocenters. The van der Waals surface area contributed by atoms with Gasteiger partial charge in [0.15, 0.2) is 0 Å². The van der Waals surface area contributed by atoms with Crippen LogP contribution in [0.15, 0.2) is 70.9 Å². The molecule has 4 aliphatic heterocycles. The van der Waals surface area contributed by atoms with Crippen molar-refractivity contribution in [2.24, 2.45) is 9.98 Å². The lowest BCUT2D eigenvalue weighted by Crippen LogP contribution is -2.43. The Bertz CT molecular complexity index is 1560. The number of ether oxygens (including phenoxy) is 2. The molecule has 0 aliphatic carbocycles. The Morgan fingerprint density at radius 1 is 0.625 bits per heavy atom. The van der Waals surface area contributed by atoms with E-state index in [4.69, 9.17) is 9.47 Å². The summed E-state index contributed by atoms with van der Waals surface area (Å²) in [5, 5.41) is 0. The second-order valence-electron chi connectivity index (χ2n) is 15.0. The highest BCUT2D eigenvalue weighted by Gasteiger charge is 2.42. The van der Waals surface area contributed by atoms with E-state index in [9.17, 15) is 18.4 Å². The zero-order valence-corrected chi connectivity index (χ0v) is 28.5. The monoisotopic (exact) mass is 658 g/mol. The summed E-state index contributed by atoms with van der Waals surface area (Å²) >= 11 is 0. The Hall–Kier alpha value is -4.34. The van der Waals surface area contributed by atoms with Gasteiger partial charge in [-0.1, -0.05) is 48.5 Å². The van der Waals surface area contributed by atoms with E-state index in [0.29, 0.717) is 12.8 Å². The van der Waals surface area contributed by atoms with Gasteiger partial charge in [-0.25, -0.2) is 18.4 Å². The molecule has 2 aromatic carbocycles. The quantitative estimate of drug-likeness (QED) is 0.323. The number of carbonyl (C=O) groups is 2. The lowest BCUT2D eigenvalue weighted by Gasteiger charge is -2.28. The van der Waals surface area contributed by atoms with Crippen molar-refractivity contribution in [2.75, 3.05) is 13.1 Å². The number of hydrogen-bond acceptors (Lipinski definition) is 6. The summed E-state index contributed by atoms with van der Waals surface area (Å²) in [6.07, 6.45) is 1.94. The van der Waals surface area contributed by atoms with Crippen LogP contribution in [0.25, 0.3) is 22.3 Å². The van der Waals surface area contributed by atoms with E-state index in [-0.39, 0.29) is 25.9 Å². The van der Waals surface area contributed by atoms with E-state index in [0.717, 1.165) is 44.8 Å². The van der Waals surface area contributed by atoms with Gasteiger partial charge in [-0.05, 0) is 74.9 Å². The average molecular weight is 659 g/mol. The molecule has 4 heterocycles. The molecule has 254 valence electrons. The Morgan fingerprint density at radius 2 is 0.958 bits per heavy atom.